The lowest BCUT2D eigenvalue weighted by atomic mass is 10.1. The van der Waals surface area contributed by atoms with Crippen molar-refractivity contribution in [2.24, 2.45) is 17.2 Å². The number of hydrogen-bond donors (Lipinski definition) is 3. The largest absolute Gasteiger partial charge is 0.370 e. The smallest absolute Gasteiger partial charge is 0.336 e. The second kappa shape index (κ2) is 17.3. The van der Waals surface area contributed by atoms with Gasteiger partial charge >= 0.3 is 17.1 Å². The van der Waals surface area contributed by atoms with Gasteiger partial charge in [-0.3, -0.25) is 14.4 Å². The molecule has 1 rings (SSSR count). The SMILES string of the molecule is NC(=O)CCCCCCn1c(=O)n(CCCCCCC(N)=O)c(=O)n(CCCCCCC(N)=O)c1=O. The van der Waals surface area contributed by atoms with E-state index in [0.717, 1.165) is 52.2 Å². The van der Waals surface area contributed by atoms with E-state index in [-0.39, 0.29) is 37.4 Å². The van der Waals surface area contributed by atoms with Gasteiger partial charge in [0.1, 0.15) is 0 Å². The zero-order chi connectivity index (χ0) is 26.9. The second-order valence-electron chi connectivity index (χ2n) is 9.19. The third-order valence-corrected chi connectivity index (χ3v) is 6.05. The third kappa shape index (κ3) is 12.0. The Bertz CT molecular complexity index is 867. The minimum Gasteiger partial charge on any atom is -0.370 e. The van der Waals surface area contributed by atoms with Gasteiger partial charge in [-0.05, 0) is 38.5 Å². The molecule has 12 heteroatoms. The first-order chi connectivity index (χ1) is 17.1. The van der Waals surface area contributed by atoms with E-state index in [1.54, 1.807) is 0 Å². The molecule has 6 N–H and O–H groups in total. The van der Waals surface area contributed by atoms with Gasteiger partial charge in [0.25, 0.3) is 0 Å². The number of carbonyl (C=O) groups is 3. The molecule has 0 saturated carbocycles. The van der Waals surface area contributed by atoms with E-state index in [4.69, 9.17) is 17.2 Å². The van der Waals surface area contributed by atoms with Crippen molar-refractivity contribution >= 4 is 17.7 Å². The summed E-state index contributed by atoms with van der Waals surface area (Å²) < 4.78 is 3.36. The number of nitrogens with two attached hydrogens (primary N) is 3. The Hall–Kier alpha value is -3.18. The first-order valence-electron chi connectivity index (χ1n) is 12.9. The van der Waals surface area contributed by atoms with Crippen LogP contribution in [0.5, 0.6) is 0 Å². The van der Waals surface area contributed by atoms with Gasteiger partial charge in [0.05, 0.1) is 0 Å². The van der Waals surface area contributed by atoms with E-state index in [9.17, 15) is 28.8 Å². The summed E-state index contributed by atoms with van der Waals surface area (Å²) in [7, 11) is 0. The van der Waals surface area contributed by atoms with E-state index in [0.29, 0.717) is 57.8 Å². The average molecular weight is 511 g/mol. The summed E-state index contributed by atoms with van der Waals surface area (Å²) in [6.45, 7) is 0.559. The lowest BCUT2D eigenvalue weighted by Gasteiger charge is -2.14. The summed E-state index contributed by atoms with van der Waals surface area (Å²) in [5, 5.41) is 0. The molecular formula is C24H42N6O6. The quantitative estimate of drug-likeness (QED) is 0.201. The molecule has 0 aliphatic rings. The van der Waals surface area contributed by atoms with Crippen LogP contribution in [0.1, 0.15) is 96.3 Å². The number of hydrogen-bond acceptors (Lipinski definition) is 6. The number of amides is 3. The first kappa shape index (κ1) is 30.9. The fraction of sp³-hybridized carbons (Fsp3) is 0.750. The Morgan fingerprint density at radius 1 is 0.417 bits per heavy atom. The molecule has 204 valence electrons. The number of carbonyl (C=O) groups excluding carboxylic acids is 3. The molecule has 1 heterocycles. The Balaban J connectivity index is 2.89. The molecule has 3 amide bonds. The Morgan fingerprint density at radius 3 is 0.861 bits per heavy atom. The van der Waals surface area contributed by atoms with Gasteiger partial charge in [-0.15, -0.1) is 0 Å². The molecule has 12 nitrogen and oxygen atoms in total. The highest BCUT2D eigenvalue weighted by Crippen LogP contribution is 2.05. The van der Waals surface area contributed by atoms with Crippen molar-refractivity contribution in [2.75, 3.05) is 0 Å². The molecule has 0 radical (unpaired) electrons. The number of aromatic nitrogens is 3. The van der Waals surface area contributed by atoms with Crippen LogP contribution in [0.15, 0.2) is 14.4 Å². The van der Waals surface area contributed by atoms with Crippen LogP contribution in [-0.4, -0.2) is 31.4 Å². The minimum atomic E-state index is -0.614. The van der Waals surface area contributed by atoms with E-state index in [1.165, 1.54) is 0 Å². The van der Waals surface area contributed by atoms with Crippen LogP contribution in [0.2, 0.25) is 0 Å². The second-order valence-corrected chi connectivity index (χ2v) is 9.19. The Morgan fingerprint density at radius 2 is 0.639 bits per heavy atom. The van der Waals surface area contributed by atoms with E-state index in [1.807, 2.05) is 0 Å². The van der Waals surface area contributed by atoms with Crippen molar-refractivity contribution in [1.82, 2.24) is 13.7 Å². The molecule has 0 spiro atoms. The maximum atomic E-state index is 13.0. The average Bonchev–Trinajstić information content (AvgIpc) is 2.80. The topological polar surface area (TPSA) is 195 Å². The van der Waals surface area contributed by atoms with E-state index < -0.39 is 17.1 Å². The van der Waals surface area contributed by atoms with Crippen molar-refractivity contribution in [3.63, 3.8) is 0 Å². The first-order valence-corrected chi connectivity index (χ1v) is 12.9. The van der Waals surface area contributed by atoms with Crippen molar-refractivity contribution in [3.05, 3.63) is 31.5 Å². The molecule has 0 aromatic carbocycles. The fourth-order valence-corrected chi connectivity index (χ4v) is 4.02. The van der Waals surface area contributed by atoms with Crippen LogP contribution in [0.3, 0.4) is 0 Å². The Kier molecular flexibility index (Phi) is 14.8. The summed E-state index contributed by atoms with van der Waals surface area (Å²) in [6, 6.07) is 0. The van der Waals surface area contributed by atoms with Crippen LogP contribution < -0.4 is 34.3 Å². The lowest BCUT2D eigenvalue weighted by molar-refractivity contribution is -0.119. The van der Waals surface area contributed by atoms with Gasteiger partial charge < -0.3 is 17.2 Å². The van der Waals surface area contributed by atoms with Crippen molar-refractivity contribution in [2.45, 2.75) is 116 Å². The van der Waals surface area contributed by atoms with Gasteiger partial charge in [0.15, 0.2) is 0 Å². The van der Waals surface area contributed by atoms with Gasteiger partial charge in [0, 0.05) is 38.9 Å². The predicted octanol–water partition coefficient (Wildman–Crippen LogP) is 0.479. The van der Waals surface area contributed by atoms with E-state index >= 15 is 0 Å². The molecule has 0 bridgehead atoms. The van der Waals surface area contributed by atoms with Crippen molar-refractivity contribution < 1.29 is 14.4 Å². The molecule has 0 aliphatic carbocycles. The molecule has 0 unspecified atom stereocenters. The Labute approximate surface area is 210 Å². The van der Waals surface area contributed by atoms with Gasteiger partial charge in [0.2, 0.25) is 17.7 Å². The molecule has 1 aromatic rings. The number of nitrogens with zero attached hydrogens (tertiary/aromatic N) is 3. The third-order valence-electron chi connectivity index (χ3n) is 6.05. The molecular weight excluding hydrogens is 468 g/mol. The molecule has 0 saturated heterocycles. The summed E-state index contributed by atoms with van der Waals surface area (Å²) in [5.74, 6) is -1.07. The van der Waals surface area contributed by atoms with Gasteiger partial charge in [-0.2, -0.15) is 0 Å². The molecule has 1 aromatic heterocycles. The van der Waals surface area contributed by atoms with Crippen LogP contribution >= 0.6 is 0 Å². The van der Waals surface area contributed by atoms with Crippen molar-refractivity contribution in [1.29, 1.82) is 0 Å². The highest BCUT2D eigenvalue weighted by Gasteiger charge is 2.15. The lowest BCUT2D eigenvalue weighted by Crippen LogP contribution is -2.54. The van der Waals surface area contributed by atoms with Crippen LogP contribution in [0, 0.1) is 0 Å². The standard InChI is InChI=1S/C24H42N6O6/c25-19(31)13-7-1-4-10-16-28-22(34)29(17-11-5-2-8-14-20(26)32)24(36)30(23(28)35)18-12-6-3-9-15-21(27)33/h1-18H2,(H2,25,31)(H2,26,32)(H2,27,33). The number of primary amides is 3. The van der Waals surface area contributed by atoms with Crippen molar-refractivity contribution in [3.8, 4) is 0 Å². The van der Waals surface area contributed by atoms with Crippen LogP contribution in [0.4, 0.5) is 0 Å². The van der Waals surface area contributed by atoms with E-state index in [2.05, 4.69) is 0 Å². The fourth-order valence-electron chi connectivity index (χ4n) is 4.02. The van der Waals surface area contributed by atoms with Gasteiger partial charge in [-0.1, -0.05) is 38.5 Å². The summed E-state index contributed by atoms with van der Waals surface area (Å²) >= 11 is 0. The maximum Gasteiger partial charge on any atom is 0.336 e. The zero-order valence-corrected chi connectivity index (χ0v) is 21.3. The van der Waals surface area contributed by atoms with Crippen LogP contribution in [-0.2, 0) is 34.0 Å². The number of rotatable bonds is 21. The molecule has 0 fully saturated rings. The van der Waals surface area contributed by atoms with Gasteiger partial charge in [-0.25, -0.2) is 28.1 Å². The monoisotopic (exact) mass is 510 g/mol. The highest BCUT2D eigenvalue weighted by atomic mass is 16.2. The van der Waals surface area contributed by atoms with Crippen LogP contribution in [0.25, 0.3) is 0 Å². The highest BCUT2D eigenvalue weighted by molar-refractivity contribution is 5.74. The predicted molar refractivity (Wildman–Crippen MR) is 136 cm³/mol. The maximum absolute atomic E-state index is 13.0. The summed E-state index contributed by atoms with van der Waals surface area (Å²) in [6.07, 6.45) is 8.97. The molecule has 0 atom stereocenters. The minimum absolute atomic E-state index is 0.186. The molecule has 0 aliphatic heterocycles. The summed E-state index contributed by atoms with van der Waals surface area (Å²) in [5.41, 5.74) is 13.6. The number of unbranched alkanes of at least 4 members (excludes halogenated alkanes) is 9. The molecule has 36 heavy (non-hydrogen) atoms. The zero-order valence-electron chi connectivity index (χ0n) is 21.3. The normalized spacial score (nSPS) is 11.0. The summed E-state index contributed by atoms with van der Waals surface area (Å²) in [4.78, 5) is 71.6.